The van der Waals surface area contributed by atoms with Gasteiger partial charge in [-0.1, -0.05) is 53.2 Å². The van der Waals surface area contributed by atoms with E-state index in [0.29, 0.717) is 32.3 Å². The predicted octanol–water partition coefficient (Wildman–Crippen LogP) is 4.39. The van der Waals surface area contributed by atoms with Gasteiger partial charge in [-0.05, 0) is 30.3 Å². The van der Waals surface area contributed by atoms with E-state index in [2.05, 4.69) is 15.3 Å². The van der Waals surface area contributed by atoms with Gasteiger partial charge in [0.05, 0.1) is 21.5 Å². The van der Waals surface area contributed by atoms with Crippen LogP contribution in [0.4, 0.5) is 5.69 Å². The number of hydrogen-bond acceptors (Lipinski definition) is 5. The molecule has 6 nitrogen and oxygen atoms in total. The third-order valence-electron chi connectivity index (χ3n) is 3.45. The number of aromatic nitrogens is 2. The van der Waals surface area contributed by atoms with Crippen LogP contribution in [-0.2, 0) is 11.4 Å². The number of carbonyl (C=O) groups excluding carboxylic acids is 1. The highest BCUT2D eigenvalue weighted by molar-refractivity contribution is 7.99. The number of carbonyl (C=O) groups is 1. The molecule has 3 aromatic rings. The van der Waals surface area contributed by atoms with Gasteiger partial charge in [-0.3, -0.25) is 9.59 Å². The lowest BCUT2D eigenvalue weighted by Crippen LogP contribution is -2.16. The number of H-pyrrole nitrogens is 1. The Bertz CT molecular complexity index is 1030. The summed E-state index contributed by atoms with van der Waals surface area (Å²) in [5.41, 5.74) is 0.695. The minimum absolute atomic E-state index is 0.0617. The number of hydrogen-bond donors (Lipinski definition) is 2. The maximum Gasteiger partial charge on any atom is 0.251 e. The smallest absolute Gasteiger partial charge is 0.251 e. The Morgan fingerprint density at radius 2 is 1.89 bits per heavy atom. The number of amides is 1. The fourth-order valence-electron chi connectivity index (χ4n) is 2.20. The van der Waals surface area contributed by atoms with Crippen molar-refractivity contribution in [3.63, 3.8) is 0 Å². The number of benzene rings is 2. The highest BCUT2D eigenvalue weighted by Gasteiger charge is 2.09. The van der Waals surface area contributed by atoms with E-state index in [1.807, 2.05) is 30.3 Å². The number of thioether (sulfide) groups is 1. The molecule has 0 unspecified atom stereocenters. The van der Waals surface area contributed by atoms with Crippen LogP contribution in [0.3, 0.4) is 0 Å². The Morgan fingerprint density at radius 1 is 1.11 bits per heavy atom. The molecule has 3 rings (SSSR count). The average molecular weight is 436 g/mol. The number of nitrogens with one attached hydrogen (secondary N) is 2. The van der Waals surface area contributed by atoms with Crippen LogP contribution >= 0.6 is 35.0 Å². The van der Waals surface area contributed by atoms with Gasteiger partial charge in [-0.15, -0.1) is 0 Å². The SMILES string of the molecule is O=C(CSc1nc(COc2ccccc2)cc(=O)[nH]1)Nc1ccc(Cl)c(Cl)c1. The molecule has 0 saturated heterocycles. The lowest BCUT2D eigenvalue weighted by atomic mass is 10.3. The van der Waals surface area contributed by atoms with Crippen LogP contribution in [0.25, 0.3) is 0 Å². The largest absolute Gasteiger partial charge is 0.487 e. The lowest BCUT2D eigenvalue weighted by Gasteiger charge is -2.08. The summed E-state index contributed by atoms with van der Waals surface area (Å²) in [6, 6.07) is 15.4. The van der Waals surface area contributed by atoms with E-state index in [9.17, 15) is 9.59 Å². The van der Waals surface area contributed by atoms with Crippen molar-refractivity contribution in [2.45, 2.75) is 11.8 Å². The second kappa shape index (κ2) is 9.64. The van der Waals surface area contributed by atoms with Crippen molar-refractivity contribution in [2.24, 2.45) is 0 Å². The van der Waals surface area contributed by atoms with Crippen molar-refractivity contribution < 1.29 is 9.53 Å². The number of nitrogens with zero attached hydrogens (tertiary/aromatic N) is 1. The van der Waals surface area contributed by atoms with Crippen molar-refractivity contribution in [3.05, 3.63) is 80.7 Å². The summed E-state index contributed by atoms with van der Waals surface area (Å²) >= 11 is 12.9. The van der Waals surface area contributed by atoms with Crippen LogP contribution in [0.1, 0.15) is 5.69 Å². The molecular weight excluding hydrogens is 421 g/mol. The van der Waals surface area contributed by atoms with Crippen LogP contribution in [0.5, 0.6) is 5.75 Å². The van der Waals surface area contributed by atoms with Gasteiger partial charge < -0.3 is 15.0 Å². The predicted molar refractivity (Wildman–Crippen MR) is 111 cm³/mol. The average Bonchev–Trinajstić information content (AvgIpc) is 2.68. The number of para-hydroxylation sites is 1. The fraction of sp³-hybridized carbons (Fsp3) is 0.105. The van der Waals surface area contributed by atoms with Crippen molar-refractivity contribution in [1.29, 1.82) is 0 Å². The highest BCUT2D eigenvalue weighted by Crippen LogP contribution is 2.25. The zero-order chi connectivity index (χ0) is 19.9. The molecule has 144 valence electrons. The van der Waals surface area contributed by atoms with Crippen LogP contribution in [0.2, 0.25) is 10.0 Å². The number of rotatable bonds is 7. The molecule has 0 saturated carbocycles. The summed E-state index contributed by atoms with van der Waals surface area (Å²) in [5, 5.41) is 3.80. The van der Waals surface area contributed by atoms with E-state index < -0.39 is 0 Å². The Labute approximate surface area is 175 Å². The van der Waals surface area contributed by atoms with Crippen LogP contribution in [0.15, 0.2) is 64.5 Å². The fourth-order valence-corrected chi connectivity index (χ4v) is 3.20. The molecule has 0 fully saturated rings. The van der Waals surface area contributed by atoms with Crippen molar-refractivity contribution in [2.75, 3.05) is 11.1 Å². The zero-order valence-electron chi connectivity index (χ0n) is 14.4. The number of aromatic amines is 1. The van der Waals surface area contributed by atoms with Crippen LogP contribution in [-0.4, -0.2) is 21.6 Å². The van der Waals surface area contributed by atoms with Gasteiger partial charge in [-0.2, -0.15) is 0 Å². The van der Waals surface area contributed by atoms with Crippen molar-refractivity contribution in [3.8, 4) is 5.75 Å². The third kappa shape index (κ3) is 6.02. The molecule has 2 N–H and O–H groups in total. The van der Waals surface area contributed by atoms with E-state index >= 15 is 0 Å². The summed E-state index contributed by atoms with van der Waals surface area (Å²) in [4.78, 5) is 30.9. The molecule has 0 aliphatic carbocycles. The topological polar surface area (TPSA) is 84.1 Å². The van der Waals surface area contributed by atoms with Gasteiger partial charge >= 0.3 is 0 Å². The Balaban J connectivity index is 1.57. The number of ether oxygens (including phenoxy) is 1. The minimum Gasteiger partial charge on any atom is -0.487 e. The molecule has 1 aromatic heterocycles. The standard InChI is InChI=1S/C19H15Cl2N3O3S/c20-15-7-6-12(8-16(15)21)22-18(26)11-28-19-23-13(9-17(25)24-19)10-27-14-4-2-1-3-5-14/h1-9H,10-11H2,(H,22,26)(H,23,24,25). The molecular formula is C19H15Cl2N3O3S. The van der Waals surface area contributed by atoms with Gasteiger partial charge in [0.1, 0.15) is 12.4 Å². The first-order valence-corrected chi connectivity index (χ1v) is 9.89. The van der Waals surface area contributed by atoms with E-state index in [4.69, 9.17) is 27.9 Å². The van der Waals surface area contributed by atoms with Gasteiger partial charge in [0.15, 0.2) is 5.16 Å². The Kier molecular flexibility index (Phi) is 6.97. The lowest BCUT2D eigenvalue weighted by molar-refractivity contribution is -0.113. The highest BCUT2D eigenvalue weighted by atomic mass is 35.5. The number of anilines is 1. The van der Waals surface area contributed by atoms with Gasteiger partial charge in [-0.25, -0.2) is 4.98 Å². The Morgan fingerprint density at radius 3 is 2.64 bits per heavy atom. The van der Waals surface area contributed by atoms with Gasteiger partial charge in [0, 0.05) is 11.8 Å². The Hall–Kier alpha value is -2.48. The van der Waals surface area contributed by atoms with Crippen LogP contribution < -0.4 is 15.6 Å². The number of halogens is 2. The second-order valence-electron chi connectivity index (χ2n) is 5.61. The summed E-state index contributed by atoms with van der Waals surface area (Å²) in [6.45, 7) is 0.150. The molecule has 0 aliphatic heterocycles. The van der Waals surface area contributed by atoms with Gasteiger partial charge in [0.25, 0.3) is 5.56 Å². The summed E-state index contributed by atoms with van der Waals surface area (Å²) in [7, 11) is 0. The van der Waals surface area contributed by atoms with Crippen LogP contribution in [0, 0.1) is 0 Å². The molecule has 1 heterocycles. The molecule has 28 heavy (non-hydrogen) atoms. The molecule has 0 aliphatic rings. The molecule has 0 spiro atoms. The van der Waals surface area contributed by atoms with E-state index in [1.165, 1.54) is 6.07 Å². The molecule has 0 atom stereocenters. The summed E-state index contributed by atoms with van der Waals surface area (Å²) in [5.74, 6) is 0.475. The maximum absolute atomic E-state index is 12.1. The normalized spacial score (nSPS) is 10.5. The van der Waals surface area contributed by atoms with E-state index in [1.54, 1.807) is 18.2 Å². The van der Waals surface area contributed by atoms with Crippen molar-refractivity contribution >= 4 is 46.6 Å². The third-order valence-corrected chi connectivity index (χ3v) is 5.06. The quantitative estimate of drug-likeness (QED) is 0.424. The maximum atomic E-state index is 12.1. The first kappa shape index (κ1) is 20.3. The summed E-state index contributed by atoms with van der Waals surface area (Å²) < 4.78 is 5.60. The van der Waals surface area contributed by atoms with Gasteiger partial charge in [0.2, 0.25) is 5.91 Å². The monoisotopic (exact) mass is 435 g/mol. The van der Waals surface area contributed by atoms with E-state index in [0.717, 1.165) is 11.8 Å². The zero-order valence-corrected chi connectivity index (χ0v) is 16.8. The second-order valence-corrected chi connectivity index (χ2v) is 7.39. The van der Waals surface area contributed by atoms with Crippen molar-refractivity contribution in [1.82, 2.24) is 9.97 Å². The first-order chi connectivity index (χ1) is 13.5. The first-order valence-electron chi connectivity index (χ1n) is 8.15. The molecule has 0 radical (unpaired) electrons. The minimum atomic E-state index is -0.311. The van der Waals surface area contributed by atoms with E-state index in [-0.39, 0.29) is 23.8 Å². The molecule has 2 aromatic carbocycles. The summed E-state index contributed by atoms with van der Waals surface area (Å²) in [6.07, 6.45) is 0. The molecule has 9 heteroatoms. The molecule has 1 amide bonds. The molecule has 0 bridgehead atoms.